The highest BCUT2D eigenvalue weighted by molar-refractivity contribution is 4.43. The van der Waals surface area contributed by atoms with Crippen LogP contribution in [0.15, 0.2) is 12.8 Å². The van der Waals surface area contributed by atoms with Crippen molar-refractivity contribution in [1.82, 2.24) is 6.15 Å². The zero-order chi connectivity index (χ0) is 6.83. The Labute approximate surface area is 55.4 Å². The average Bonchev–Trinajstić information content (AvgIpc) is 1.88. The van der Waals surface area contributed by atoms with Crippen LogP contribution in [0.5, 0.6) is 0 Å². The quantitative estimate of drug-likeness (QED) is 0.464. The molecule has 5 N–H and O–H groups in total. The van der Waals surface area contributed by atoms with Gasteiger partial charge in [-0.05, 0) is 0 Å². The van der Waals surface area contributed by atoms with Gasteiger partial charge in [0.05, 0.1) is 26.6 Å². The van der Waals surface area contributed by atoms with Crippen molar-refractivity contribution >= 4 is 0 Å². The van der Waals surface area contributed by atoms with Crippen LogP contribution in [0.3, 0.4) is 0 Å². The topological polar surface area (TPSA) is 84.7 Å². The first-order valence-electron chi connectivity index (χ1n) is 2.18. The monoisotopic (exact) mass is 137 g/mol. The van der Waals surface area contributed by atoms with Gasteiger partial charge in [-0.2, -0.15) is 0 Å². The van der Waals surface area contributed by atoms with Gasteiger partial charge in [-0.15, -0.1) is 0 Å². The van der Waals surface area contributed by atoms with Crippen molar-refractivity contribution in [2.45, 2.75) is 0 Å². The number of rotatable bonds is 2. The van der Waals surface area contributed by atoms with Gasteiger partial charge >= 0.3 is 0 Å². The first-order valence-corrected chi connectivity index (χ1v) is 2.18. The fourth-order valence-electron chi connectivity index (χ4n) is 0. The number of ether oxygens (including phenoxy) is 1. The molecule has 0 saturated heterocycles. The first kappa shape index (κ1) is 15.8. The molecule has 0 aliphatic rings. The number of aliphatic hydroxyl groups excluding tert-OH is 2. The highest BCUT2D eigenvalue weighted by atomic mass is 16.5. The molecule has 0 atom stereocenters. The van der Waals surface area contributed by atoms with Gasteiger partial charge in [-0.25, -0.2) is 0 Å². The smallest absolute Gasteiger partial charge is 0.0766 e. The van der Waals surface area contributed by atoms with E-state index in [-0.39, 0.29) is 19.4 Å². The fourth-order valence-corrected chi connectivity index (χ4v) is 0. The van der Waals surface area contributed by atoms with Gasteiger partial charge in [0, 0.05) is 0 Å². The van der Waals surface area contributed by atoms with E-state index in [1.165, 1.54) is 6.26 Å². The van der Waals surface area contributed by atoms with Gasteiger partial charge in [0.1, 0.15) is 0 Å². The minimum atomic E-state index is -0.125. The van der Waals surface area contributed by atoms with Gasteiger partial charge in [-0.3, -0.25) is 0 Å². The van der Waals surface area contributed by atoms with Crippen LogP contribution in [-0.2, 0) is 4.74 Å². The summed E-state index contributed by atoms with van der Waals surface area (Å²) in [6, 6.07) is 0. The van der Waals surface area contributed by atoms with Crippen LogP contribution >= 0.6 is 0 Å². The third-order valence-corrected chi connectivity index (χ3v) is 0.267. The summed E-state index contributed by atoms with van der Waals surface area (Å²) >= 11 is 0. The predicted molar refractivity (Wildman–Crippen MR) is 36.4 cm³/mol. The lowest BCUT2D eigenvalue weighted by Crippen LogP contribution is -1.85. The maximum atomic E-state index is 7.62. The summed E-state index contributed by atoms with van der Waals surface area (Å²) in [5, 5.41) is 15.2. The predicted octanol–water partition coefficient (Wildman–Crippen LogP) is -0.0907. The van der Waals surface area contributed by atoms with Crippen LogP contribution in [0, 0.1) is 0 Å². The minimum absolute atomic E-state index is 0. The molecule has 4 heteroatoms. The lowest BCUT2D eigenvalue weighted by Gasteiger charge is -1.73. The van der Waals surface area contributed by atoms with Crippen molar-refractivity contribution < 1.29 is 14.9 Å². The van der Waals surface area contributed by atoms with Gasteiger partial charge in [-0.1, -0.05) is 6.58 Å². The molecule has 0 rings (SSSR count). The standard InChI is InChI=1S/C3H6O.C2H6O2.H3N/c1-3-4-2;3-1-2-4;/h3H,1H2,2H3;3-4H,1-2H2;1H3. The van der Waals surface area contributed by atoms with E-state index in [0.29, 0.717) is 0 Å². The van der Waals surface area contributed by atoms with E-state index in [4.69, 9.17) is 10.2 Å². The molecule has 0 amide bonds. The molecule has 0 aromatic rings. The van der Waals surface area contributed by atoms with Gasteiger partial charge < -0.3 is 21.1 Å². The third kappa shape index (κ3) is 108. The number of hydrogen-bond acceptors (Lipinski definition) is 4. The van der Waals surface area contributed by atoms with Crippen LogP contribution in [0.1, 0.15) is 0 Å². The third-order valence-electron chi connectivity index (χ3n) is 0.267. The molecule has 0 fully saturated rings. The van der Waals surface area contributed by atoms with E-state index >= 15 is 0 Å². The van der Waals surface area contributed by atoms with Crippen molar-refractivity contribution in [2.75, 3.05) is 20.3 Å². The second-order valence-corrected chi connectivity index (χ2v) is 0.850. The molecule has 0 spiro atoms. The molecule has 0 saturated carbocycles. The van der Waals surface area contributed by atoms with Crippen molar-refractivity contribution in [3.05, 3.63) is 12.8 Å². The Morgan fingerprint density at radius 2 is 1.67 bits per heavy atom. The first-order chi connectivity index (χ1) is 3.83. The number of aliphatic hydroxyl groups is 2. The zero-order valence-corrected chi connectivity index (χ0v) is 5.71. The molecular weight excluding hydrogens is 122 g/mol. The summed E-state index contributed by atoms with van der Waals surface area (Å²) in [5.74, 6) is 0. The molecule has 4 nitrogen and oxygen atoms in total. The van der Waals surface area contributed by atoms with Crippen molar-refractivity contribution in [2.24, 2.45) is 0 Å². The summed E-state index contributed by atoms with van der Waals surface area (Å²) in [6.07, 6.45) is 1.38. The Morgan fingerprint density at radius 1 is 1.44 bits per heavy atom. The maximum Gasteiger partial charge on any atom is 0.0766 e. The number of methoxy groups -OCH3 is 1. The molecule has 0 heterocycles. The van der Waals surface area contributed by atoms with Crippen LogP contribution in [0.25, 0.3) is 0 Å². The molecule has 0 unspecified atom stereocenters. The molecule has 58 valence electrons. The lowest BCUT2D eigenvalue weighted by atomic mass is 10.8. The molecule has 0 aromatic heterocycles. The van der Waals surface area contributed by atoms with E-state index in [9.17, 15) is 0 Å². The Morgan fingerprint density at radius 3 is 1.67 bits per heavy atom. The van der Waals surface area contributed by atoms with Crippen molar-refractivity contribution in [3.8, 4) is 0 Å². The fraction of sp³-hybridized carbons (Fsp3) is 0.600. The average molecular weight is 137 g/mol. The summed E-state index contributed by atoms with van der Waals surface area (Å²) in [6.45, 7) is 3.01. The van der Waals surface area contributed by atoms with Crippen LogP contribution in [-0.4, -0.2) is 30.5 Å². The van der Waals surface area contributed by atoms with E-state index in [1.807, 2.05) is 0 Å². The normalized spacial score (nSPS) is 5.67. The van der Waals surface area contributed by atoms with E-state index in [1.54, 1.807) is 7.11 Å². The Hall–Kier alpha value is -0.580. The molecule has 0 radical (unpaired) electrons. The second-order valence-electron chi connectivity index (χ2n) is 0.850. The highest BCUT2D eigenvalue weighted by Crippen LogP contribution is 1.52. The summed E-state index contributed by atoms with van der Waals surface area (Å²) < 4.78 is 4.31. The van der Waals surface area contributed by atoms with Crippen LogP contribution in [0.4, 0.5) is 0 Å². The second kappa shape index (κ2) is 26.1. The SMILES string of the molecule is C=COC.N.OCCO. The summed E-state index contributed by atoms with van der Waals surface area (Å²) in [5.41, 5.74) is 0. The van der Waals surface area contributed by atoms with Crippen molar-refractivity contribution in [3.63, 3.8) is 0 Å². The maximum absolute atomic E-state index is 7.62. The Kier molecular flexibility index (Phi) is 45.8. The van der Waals surface area contributed by atoms with Gasteiger partial charge in [0.25, 0.3) is 0 Å². The Balaban J connectivity index is -0.0000000720. The molecule has 0 aliphatic heterocycles. The molecular formula is C5H15NO3. The number of hydrogen-bond donors (Lipinski definition) is 3. The molecule has 0 aromatic carbocycles. The molecule has 0 bridgehead atoms. The van der Waals surface area contributed by atoms with E-state index in [2.05, 4.69) is 11.3 Å². The lowest BCUT2D eigenvalue weighted by molar-refractivity contribution is 0.186. The van der Waals surface area contributed by atoms with Gasteiger partial charge in [0.2, 0.25) is 0 Å². The van der Waals surface area contributed by atoms with Crippen molar-refractivity contribution in [1.29, 1.82) is 0 Å². The van der Waals surface area contributed by atoms with E-state index in [0.717, 1.165) is 0 Å². The van der Waals surface area contributed by atoms with Crippen LogP contribution < -0.4 is 6.15 Å². The van der Waals surface area contributed by atoms with Crippen LogP contribution in [0.2, 0.25) is 0 Å². The minimum Gasteiger partial charge on any atom is -0.505 e. The molecule has 9 heavy (non-hydrogen) atoms. The largest absolute Gasteiger partial charge is 0.505 e. The zero-order valence-electron chi connectivity index (χ0n) is 5.71. The van der Waals surface area contributed by atoms with Gasteiger partial charge in [0.15, 0.2) is 0 Å². The highest BCUT2D eigenvalue weighted by Gasteiger charge is 1.58. The summed E-state index contributed by atoms with van der Waals surface area (Å²) in [7, 11) is 1.56. The Bertz CT molecular complexity index is 39.2. The molecule has 0 aliphatic carbocycles. The van der Waals surface area contributed by atoms with E-state index < -0.39 is 0 Å². The summed E-state index contributed by atoms with van der Waals surface area (Å²) in [4.78, 5) is 0.